The van der Waals surface area contributed by atoms with Gasteiger partial charge in [-0.1, -0.05) is 35.9 Å². The van der Waals surface area contributed by atoms with Crippen molar-refractivity contribution in [2.45, 2.75) is 6.04 Å². The zero-order valence-electron chi connectivity index (χ0n) is 11.3. The molecule has 1 atom stereocenters. The van der Waals surface area contributed by atoms with Crippen LogP contribution in [0.2, 0.25) is 5.02 Å². The van der Waals surface area contributed by atoms with E-state index in [1.165, 1.54) is 7.11 Å². The number of esters is 1. The lowest BCUT2D eigenvalue weighted by Gasteiger charge is -2.14. The van der Waals surface area contributed by atoms with E-state index in [2.05, 4.69) is 16.1 Å². The van der Waals surface area contributed by atoms with Gasteiger partial charge in [-0.2, -0.15) is 5.26 Å². The second-order valence-electron chi connectivity index (χ2n) is 4.30. The molecule has 1 unspecified atom stereocenters. The third-order valence-corrected chi connectivity index (χ3v) is 3.30. The van der Waals surface area contributed by atoms with Crippen molar-refractivity contribution in [1.29, 1.82) is 5.26 Å². The topological polar surface area (TPSA) is 62.1 Å². The summed E-state index contributed by atoms with van der Waals surface area (Å²) in [5, 5.41) is 12.9. The average molecular weight is 301 g/mol. The van der Waals surface area contributed by atoms with Crippen LogP contribution in [0.3, 0.4) is 0 Å². The van der Waals surface area contributed by atoms with Gasteiger partial charge in [-0.25, -0.2) is 4.79 Å². The predicted molar refractivity (Wildman–Crippen MR) is 81.2 cm³/mol. The number of halogens is 1. The zero-order chi connectivity index (χ0) is 15.2. The molecule has 2 aromatic carbocycles. The van der Waals surface area contributed by atoms with E-state index in [4.69, 9.17) is 11.6 Å². The van der Waals surface area contributed by atoms with Crippen molar-refractivity contribution in [1.82, 2.24) is 0 Å². The minimum Gasteiger partial charge on any atom is -0.465 e. The Kier molecular flexibility index (Phi) is 4.81. The Morgan fingerprint density at radius 1 is 1.24 bits per heavy atom. The number of nitrogens with zero attached hydrogens (tertiary/aromatic N) is 1. The first-order chi connectivity index (χ1) is 10.2. The summed E-state index contributed by atoms with van der Waals surface area (Å²) < 4.78 is 4.64. The third-order valence-electron chi connectivity index (χ3n) is 2.97. The van der Waals surface area contributed by atoms with E-state index in [0.717, 1.165) is 5.56 Å². The smallest absolute Gasteiger partial charge is 0.337 e. The number of benzene rings is 2. The number of rotatable bonds is 4. The van der Waals surface area contributed by atoms with Crippen LogP contribution in [0, 0.1) is 11.3 Å². The lowest BCUT2D eigenvalue weighted by molar-refractivity contribution is 0.0600. The fourth-order valence-electron chi connectivity index (χ4n) is 1.85. The molecule has 0 aromatic heterocycles. The Morgan fingerprint density at radius 3 is 2.48 bits per heavy atom. The normalized spacial score (nSPS) is 11.3. The second kappa shape index (κ2) is 6.78. The van der Waals surface area contributed by atoms with Crippen LogP contribution in [0.5, 0.6) is 0 Å². The maximum atomic E-state index is 11.4. The van der Waals surface area contributed by atoms with Crippen LogP contribution in [-0.4, -0.2) is 13.1 Å². The fraction of sp³-hybridized carbons (Fsp3) is 0.125. The molecule has 0 saturated heterocycles. The number of para-hydroxylation sites is 1. The molecule has 0 radical (unpaired) electrons. The predicted octanol–water partition coefficient (Wildman–Crippen LogP) is 3.80. The summed E-state index contributed by atoms with van der Waals surface area (Å²) in [6.07, 6.45) is 0. The Morgan fingerprint density at radius 2 is 1.90 bits per heavy atom. The second-order valence-corrected chi connectivity index (χ2v) is 4.71. The molecule has 0 aliphatic heterocycles. The van der Waals surface area contributed by atoms with Crippen LogP contribution < -0.4 is 5.32 Å². The number of carbonyl (C=O) groups excluding carboxylic acids is 1. The van der Waals surface area contributed by atoms with Crippen molar-refractivity contribution in [2.24, 2.45) is 0 Å². The highest BCUT2D eigenvalue weighted by atomic mass is 35.5. The van der Waals surface area contributed by atoms with Gasteiger partial charge in [0, 0.05) is 0 Å². The average Bonchev–Trinajstić information content (AvgIpc) is 2.53. The molecule has 2 aromatic rings. The molecular weight excluding hydrogens is 288 g/mol. The summed E-state index contributed by atoms with van der Waals surface area (Å²) in [7, 11) is 1.33. The van der Waals surface area contributed by atoms with Crippen molar-refractivity contribution < 1.29 is 9.53 Å². The number of anilines is 1. The summed E-state index contributed by atoms with van der Waals surface area (Å²) >= 11 is 6.07. The monoisotopic (exact) mass is 300 g/mol. The maximum Gasteiger partial charge on any atom is 0.337 e. The molecule has 106 valence electrons. The first-order valence-corrected chi connectivity index (χ1v) is 6.62. The quantitative estimate of drug-likeness (QED) is 0.872. The fourth-order valence-corrected chi connectivity index (χ4v) is 2.04. The van der Waals surface area contributed by atoms with Crippen LogP contribution in [-0.2, 0) is 4.74 Å². The van der Waals surface area contributed by atoms with Crippen LogP contribution >= 0.6 is 11.6 Å². The van der Waals surface area contributed by atoms with Crippen LogP contribution in [0.1, 0.15) is 22.0 Å². The lowest BCUT2D eigenvalue weighted by Crippen LogP contribution is -2.09. The highest BCUT2D eigenvalue weighted by Gasteiger charge is 2.13. The van der Waals surface area contributed by atoms with E-state index < -0.39 is 12.0 Å². The molecule has 0 bridgehead atoms. The number of methoxy groups -OCH3 is 1. The summed E-state index contributed by atoms with van der Waals surface area (Å²) in [5.74, 6) is -0.408. The van der Waals surface area contributed by atoms with E-state index in [-0.39, 0.29) is 0 Å². The van der Waals surface area contributed by atoms with Crippen molar-refractivity contribution >= 4 is 23.3 Å². The molecule has 0 heterocycles. The number of carbonyl (C=O) groups is 1. The zero-order valence-corrected chi connectivity index (χ0v) is 12.1. The summed E-state index contributed by atoms with van der Waals surface area (Å²) in [6, 6.07) is 15.5. The molecule has 0 spiro atoms. The molecule has 0 amide bonds. The van der Waals surface area contributed by atoms with Crippen molar-refractivity contribution in [2.75, 3.05) is 12.4 Å². The largest absolute Gasteiger partial charge is 0.465 e. The standard InChI is InChI=1S/C16H13ClN2O2/c1-21-16(20)12-8-6-11(7-9-12)15(10-18)19-14-5-3-2-4-13(14)17/h2-9,15,19H,1H3. The van der Waals surface area contributed by atoms with Gasteiger partial charge < -0.3 is 10.1 Å². The Balaban J connectivity index is 2.20. The summed E-state index contributed by atoms with van der Waals surface area (Å²) in [4.78, 5) is 11.4. The lowest BCUT2D eigenvalue weighted by atomic mass is 10.1. The molecular formula is C16H13ClN2O2. The minimum absolute atomic E-state index is 0.408. The molecule has 21 heavy (non-hydrogen) atoms. The van der Waals surface area contributed by atoms with Gasteiger partial charge >= 0.3 is 5.97 Å². The van der Waals surface area contributed by atoms with E-state index in [0.29, 0.717) is 16.3 Å². The number of ether oxygens (including phenoxy) is 1. The van der Waals surface area contributed by atoms with Crippen molar-refractivity contribution in [3.63, 3.8) is 0 Å². The first kappa shape index (κ1) is 14.9. The Labute approximate surface area is 127 Å². The molecule has 0 fully saturated rings. The van der Waals surface area contributed by atoms with Gasteiger partial charge in [-0.05, 0) is 29.8 Å². The molecule has 0 aliphatic carbocycles. The van der Waals surface area contributed by atoms with Gasteiger partial charge in [0.25, 0.3) is 0 Å². The molecule has 4 nitrogen and oxygen atoms in total. The van der Waals surface area contributed by atoms with Gasteiger partial charge in [0.2, 0.25) is 0 Å². The van der Waals surface area contributed by atoms with Crippen LogP contribution in [0.15, 0.2) is 48.5 Å². The third kappa shape index (κ3) is 3.53. The molecule has 5 heteroatoms. The number of hydrogen-bond donors (Lipinski definition) is 1. The van der Waals surface area contributed by atoms with Gasteiger partial charge in [0.15, 0.2) is 0 Å². The van der Waals surface area contributed by atoms with Crippen LogP contribution in [0.4, 0.5) is 5.69 Å². The number of nitriles is 1. The van der Waals surface area contributed by atoms with Gasteiger partial charge in [-0.15, -0.1) is 0 Å². The van der Waals surface area contributed by atoms with E-state index >= 15 is 0 Å². The van der Waals surface area contributed by atoms with Crippen molar-refractivity contribution in [3.8, 4) is 6.07 Å². The number of hydrogen-bond acceptors (Lipinski definition) is 4. The van der Waals surface area contributed by atoms with Gasteiger partial charge in [0.05, 0.1) is 29.5 Å². The highest BCUT2D eigenvalue weighted by molar-refractivity contribution is 6.33. The molecule has 0 saturated carbocycles. The highest BCUT2D eigenvalue weighted by Crippen LogP contribution is 2.25. The molecule has 0 aliphatic rings. The van der Waals surface area contributed by atoms with Gasteiger partial charge in [0.1, 0.15) is 6.04 Å². The van der Waals surface area contributed by atoms with E-state index in [9.17, 15) is 10.1 Å². The van der Waals surface area contributed by atoms with Crippen LogP contribution in [0.25, 0.3) is 0 Å². The van der Waals surface area contributed by atoms with Gasteiger partial charge in [-0.3, -0.25) is 0 Å². The molecule has 2 rings (SSSR count). The van der Waals surface area contributed by atoms with E-state index in [1.54, 1.807) is 36.4 Å². The Bertz CT molecular complexity index is 677. The summed E-state index contributed by atoms with van der Waals surface area (Å²) in [5.41, 5.74) is 1.86. The number of nitrogens with one attached hydrogen (secondary N) is 1. The molecule has 1 N–H and O–H groups in total. The first-order valence-electron chi connectivity index (χ1n) is 6.24. The van der Waals surface area contributed by atoms with E-state index in [1.807, 2.05) is 12.1 Å². The van der Waals surface area contributed by atoms with Crippen molar-refractivity contribution in [3.05, 3.63) is 64.7 Å². The summed E-state index contributed by atoms with van der Waals surface area (Å²) in [6.45, 7) is 0. The maximum absolute atomic E-state index is 11.4. The minimum atomic E-state index is -0.559. The SMILES string of the molecule is COC(=O)c1ccc(C(C#N)Nc2ccccc2Cl)cc1. The Hall–Kier alpha value is -2.51.